The molecule has 0 aliphatic carbocycles. The molecule has 118 valence electrons. The topological polar surface area (TPSA) is 58.6 Å². The van der Waals surface area contributed by atoms with E-state index < -0.39 is 11.6 Å². The Labute approximate surface area is 123 Å². The lowest BCUT2D eigenvalue weighted by Gasteiger charge is -2.15. The number of carbonyl (C=O) groups excluding carboxylic acids is 1. The number of carbonyl (C=O) groups is 1. The molecule has 4 nitrogen and oxygen atoms in total. The third kappa shape index (κ3) is 6.53. The van der Waals surface area contributed by atoms with Crippen molar-refractivity contribution < 1.29 is 23.4 Å². The molecule has 1 unspecified atom stereocenters. The Balaban J connectivity index is 2.36. The van der Waals surface area contributed by atoms with Crippen LogP contribution in [-0.4, -0.2) is 30.8 Å². The summed E-state index contributed by atoms with van der Waals surface area (Å²) in [5, 5.41) is 11.6. The molecule has 0 fully saturated rings. The number of aliphatic hydroxyl groups is 1. The molecule has 0 aliphatic heterocycles. The van der Waals surface area contributed by atoms with Crippen molar-refractivity contribution in [3.8, 4) is 5.75 Å². The van der Waals surface area contributed by atoms with Crippen molar-refractivity contribution in [1.29, 1.82) is 0 Å². The number of benzene rings is 1. The summed E-state index contributed by atoms with van der Waals surface area (Å²) in [6.45, 7) is 2.23. The minimum absolute atomic E-state index is 0.0812. The van der Waals surface area contributed by atoms with Crippen LogP contribution in [0.3, 0.4) is 0 Å². The fraction of sp³-hybridized carbons (Fsp3) is 0.533. The van der Waals surface area contributed by atoms with Crippen molar-refractivity contribution in [3.05, 3.63) is 29.8 Å². The summed E-state index contributed by atoms with van der Waals surface area (Å²) in [6, 6.07) is 2.91. The molecule has 6 heteroatoms. The van der Waals surface area contributed by atoms with Crippen molar-refractivity contribution in [2.24, 2.45) is 5.92 Å². The summed E-state index contributed by atoms with van der Waals surface area (Å²) in [6.07, 6.45) is 2.51. The minimum atomic E-state index is -0.841. The Hall–Kier alpha value is -1.69. The largest absolute Gasteiger partial charge is 0.481 e. The lowest BCUT2D eigenvalue weighted by molar-refractivity contribution is -0.123. The Bertz CT molecular complexity index is 449. The predicted molar refractivity (Wildman–Crippen MR) is 75.0 cm³/mol. The van der Waals surface area contributed by atoms with Gasteiger partial charge in [-0.1, -0.05) is 13.3 Å². The molecule has 1 rings (SSSR count). The molecule has 0 bridgehead atoms. The molecule has 0 saturated carbocycles. The summed E-state index contributed by atoms with van der Waals surface area (Å²) in [4.78, 5) is 11.6. The Morgan fingerprint density at radius 2 is 2.14 bits per heavy atom. The first kappa shape index (κ1) is 17.4. The summed E-state index contributed by atoms with van der Waals surface area (Å²) in [7, 11) is 0. The fourth-order valence-corrected chi connectivity index (χ4v) is 1.98. The van der Waals surface area contributed by atoms with Crippen LogP contribution in [0.1, 0.15) is 26.2 Å². The van der Waals surface area contributed by atoms with Crippen molar-refractivity contribution in [1.82, 2.24) is 5.32 Å². The highest BCUT2D eigenvalue weighted by Crippen LogP contribution is 2.17. The van der Waals surface area contributed by atoms with E-state index in [0.29, 0.717) is 19.0 Å². The van der Waals surface area contributed by atoms with Crippen LogP contribution in [0, 0.1) is 17.6 Å². The quantitative estimate of drug-likeness (QED) is 0.735. The number of rotatable bonds is 9. The molecule has 0 saturated heterocycles. The van der Waals surface area contributed by atoms with Crippen LogP contribution < -0.4 is 10.1 Å². The maximum atomic E-state index is 13.3. The van der Waals surface area contributed by atoms with Gasteiger partial charge in [0.25, 0.3) is 5.91 Å². The maximum absolute atomic E-state index is 13.3. The average Bonchev–Trinajstić information content (AvgIpc) is 2.44. The molecule has 2 N–H and O–H groups in total. The SMILES string of the molecule is CCCC(CCO)CNC(=O)COc1ccc(F)cc1F. The van der Waals surface area contributed by atoms with E-state index in [-0.39, 0.29) is 30.8 Å². The first-order valence-electron chi connectivity index (χ1n) is 7.02. The lowest BCUT2D eigenvalue weighted by atomic mass is 10.0. The minimum Gasteiger partial charge on any atom is -0.481 e. The number of hydrogen-bond donors (Lipinski definition) is 2. The van der Waals surface area contributed by atoms with Crippen LogP contribution in [0.4, 0.5) is 8.78 Å². The van der Waals surface area contributed by atoms with Crippen molar-refractivity contribution in [2.75, 3.05) is 19.8 Å². The highest BCUT2D eigenvalue weighted by atomic mass is 19.1. The van der Waals surface area contributed by atoms with Crippen LogP contribution in [-0.2, 0) is 4.79 Å². The van der Waals surface area contributed by atoms with E-state index in [0.717, 1.165) is 25.0 Å². The van der Waals surface area contributed by atoms with E-state index in [1.165, 1.54) is 0 Å². The lowest BCUT2D eigenvalue weighted by Crippen LogP contribution is -2.33. The molecule has 1 aromatic carbocycles. The van der Waals surface area contributed by atoms with Gasteiger partial charge in [-0.3, -0.25) is 4.79 Å². The van der Waals surface area contributed by atoms with Crippen LogP contribution in [0.2, 0.25) is 0 Å². The number of hydrogen-bond acceptors (Lipinski definition) is 3. The van der Waals surface area contributed by atoms with Gasteiger partial charge >= 0.3 is 0 Å². The summed E-state index contributed by atoms with van der Waals surface area (Å²) < 4.78 is 31.0. The molecule has 0 aliphatic rings. The van der Waals surface area contributed by atoms with Gasteiger partial charge in [0.05, 0.1) is 0 Å². The molecule has 1 aromatic rings. The van der Waals surface area contributed by atoms with Gasteiger partial charge in [-0.05, 0) is 30.9 Å². The Morgan fingerprint density at radius 1 is 1.38 bits per heavy atom. The van der Waals surface area contributed by atoms with E-state index in [9.17, 15) is 13.6 Å². The van der Waals surface area contributed by atoms with E-state index in [1.807, 2.05) is 6.92 Å². The maximum Gasteiger partial charge on any atom is 0.257 e. The molecule has 1 amide bonds. The summed E-state index contributed by atoms with van der Waals surface area (Å²) >= 11 is 0. The van der Waals surface area contributed by atoms with Gasteiger partial charge in [0, 0.05) is 19.2 Å². The van der Waals surface area contributed by atoms with Crippen LogP contribution >= 0.6 is 0 Å². The van der Waals surface area contributed by atoms with E-state index in [4.69, 9.17) is 9.84 Å². The monoisotopic (exact) mass is 301 g/mol. The fourth-order valence-electron chi connectivity index (χ4n) is 1.98. The average molecular weight is 301 g/mol. The summed E-state index contributed by atoms with van der Waals surface area (Å²) in [5.41, 5.74) is 0. The second-order valence-electron chi connectivity index (χ2n) is 4.83. The zero-order chi connectivity index (χ0) is 15.7. The first-order chi connectivity index (χ1) is 10.1. The molecule has 0 spiro atoms. The van der Waals surface area contributed by atoms with E-state index in [2.05, 4.69) is 5.32 Å². The zero-order valence-electron chi connectivity index (χ0n) is 12.1. The third-order valence-electron chi connectivity index (χ3n) is 3.07. The molecule has 1 atom stereocenters. The Morgan fingerprint density at radius 3 is 2.76 bits per heavy atom. The third-order valence-corrected chi connectivity index (χ3v) is 3.07. The van der Waals surface area contributed by atoms with Gasteiger partial charge in [-0.2, -0.15) is 0 Å². The first-order valence-corrected chi connectivity index (χ1v) is 7.02. The number of aliphatic hydroxyl groups excluding tert-OH is 1. The molecule has 21 heavy (non-hydrogen) atoms. The van der Waals surface area contributed by atoms with Crippen LogP contribution in [0.5, 0.6) is 5.75 Å². The number of nitrogens with one attached hydrogen (secondary N) is 1. The van der Waals surface area contributed by atoms with E-state index >= 15 is 0 Å². The van der Waals surface area contributed by atoms with Crippen molar-refractivity contribution in [3.63, 3.8) is 0 Å². The number of ether oxygens (including phenoxy) is 1. The van der Waals surface area contributed by atoms with Crippen LogP contribution in [0.25, 0.3) is 0 Å². The molecule has 0 heterocycles. The smallest absolute Gasteiger partial charge is 0.257 e. The highest BCUT2D eigenvalue weighted by Gasteiger charge is 2.11. The molecule has 0 radical (unpaired) electrons. The van der Waals surface area contributed by atoms with Gasteiger partial charge in [-0.25, -0.2) is 8.78 Å². The number of halogens is 2. The summed E-state index contributed by atoms with van der Waals surface area (Å²) in [5.74, 6) is -1.86. The van der Waals surface area contributed by atoms with E-state index in [1.54, 1.807) is 0 Å². The molecular weight excluding hydrogens is 280 g/mol. The molecule has 0 aromatic heterocycles. The van der Waals surface area contributed by atoms with Gasteiger partial charge in [0.1, 0.15) is 5.82 Å². The van der Waals surface area contributed by atoms with Gasteiger partial charge in [-0.15, -0.1) is 0 Å². The van der Waals surface area contributed by atoms with Crippen molar-refractivity contribution in [2.45, 2.75) is 26.2 Å². The normalized spacial score (nSPS) is 12.0. The Kier molecular flexibility index (Phi) is 7.68. The zero-order valence-corrected chi connectivity index (χ0v) is 12.1. The highest BCUT2D eigenvalue weighted by molar-refractivity contribution is 5.77. The van der Waals surface area contributed by atoms with Gasteiger partial charge in [0.2, 0.25) is 0 Å². The van der Waals surface area contributed by atoms with Gasteiger partial charge < -0.3 is 15.2 Å². The standard InChI is InChI=1S/C15H21F2NO3/c1-2-3-11(6-7-19)9-18-15(20)10-21-14-5-4-12(16)8-13(14)17/h4-5,8,11,19H,2-3,6-7,9-10H2,1H3,(H,18,20). The van der Waals surface area contributed by atoms with Crippen molar-refractivity contribution >= 4 is 5.91 Å². The second kappa shape index (κ2) is 9.28. The van der Waals surface area contributed by atoms with Crippen LogP contribution in [0.15, 0.2) is 18.2 Å². The molecular formula is C15H21F2NO3. The number of amides is 1. The predicted octanol–water partition coefficient (Wildman–Crippen LogP) is 2.26. The van der Waals surface area contributed by atoms with Gasteiger partial charge in [0.15, 0.2) is 18.2 Å². The second-order valence-corrected chi connectivity index (χ2v) is 4.83.